The van der Waals surface area contributed by atoms with Crippen LogP contribution in [0.15, 0.2) is 52.2 Å². The van der Waals surface area contributed by atoms with E-state index >= 15 is 0 Å². The van der Waals surface area contributed by atoms with Crippen molar-refractivity contribution in [3.63, 3.8) is 0 Å². The summed E-state index contributed by atoms with van der Waals surface area (Å²) in [4.78, 5) is 14.7. The van der Waals surface area contributed by atoms with Crippen LogP contribution in [0.5, 0.6) is 5.75 Å². The van der Waals surface area contributed by atoms with Crippen molar-refractivity contribution in [1.29, 1.82) is 0 Å². The Morgan fingerprint density at radius 1 is 1.20 bits per heavy atom. The zero-order valence-corrected chi connectivity index (χ0v) is 17.7. The van der Waals surface area contributed by atoms with Gasteiger partial charge >= 0.3 is 0 Å². The monoisotopic (exact) mass is 427 g/mol. The first-order valence-corrected chi connectivity index (χ1v) is 11.1. The Hall–Kier alpha value is -2.94. The number of nitrogens with one attached hydrogen (secondary N) is 1. The van der Waals surface area contributed by atoms with E-state index in [1.165, 1.54) is 11.8 Å². The van der Waals surface area contributed by atoms with Crippen LogP contribution in [-0.2, 0) is 11.3 Å². The third-order valence-corrected chi connectivity index (χ3v) is 5.73. The number of thioether (sulfide) groups is 1. The second-order valence-electron chi connectivity index (χ2n) is 6.94. The summed E-state index contributed by atoms with van der Waals surface area (Å²) in [5.41, 5.74) is 0.735. The highest BCUT2D eigenvalue weighted by atomic mass is 32.2. The predicted molar refractivity (Wildman–Crippen MR) is 116 cm³/mol. The summed E-state index contributed by atoms with van der Waals surface area (Å²) in [7, 11) is 0. The molecule has 0 radical (unpaired) electrons. The Kier molecular flexibility index (Phi) is 6.58. The second kappa shape index (κ2) is 9.71. The maximum Gasteiger partial charge on any atom is 0.234 e. The first-order chi connectivity index (χ1) is 14.7. The molecule has 4 rings (SSSR count). The Morgan fingerprint density at radius 2 is 2.00 bits per heavy atom. The number of ether oxygens (including phenoxy) is 1. The van der Waals surface area contributed by atoms with Crippen molar-refractivity contribution in [2.24, 2.45) is 0 Å². The first kappa shape index (κ1) is 20.3. The van der Waals surface area contributed by atoms with Gasteiger partial charge in [-0.05, 0) is 56.2 Å². The Bertz CT molecular complexity index is 950. The van der Waals surface area contributed by atoms with Crippen LogP contribution in [0.4, 0.5) is 11.6 Å². The van der Waals surface area contributed by atoms with E-state index in [1.54, 1.807) is 6.26 Å². The molecule has 0 bridgehead atoms. The van der Waals surface area contributed by atoms with Crippen molar-refractivity contribution in [1.82, 2.24) is 14.8 Å². The van der Waals surface area contributed by atoms with Crippen molar-refractivity contribution in [2.45, 2.75) is 31.5 Å². The minimum Gasteiger partial charge on any atom is -0.494 e. The molecule has 2 aromatic heterocycles. The molecule has 1 aliphatic rings. The fourth-order valence-electron chi connectivity index (χ4n) is 3.36. The van der Waals surface area contributed by atoms with Gasteiger partial charge < -0.3 is 19.4 Å². The lowest BCUT2D eigenvalue weighted by atomic mass is 10.3. The SMILES string of the molecule is CCOc1ccc(NC(=O)CSc2nnc(N3CCCC3)n2Cc2ccco2)cc1. The normalized spacial score (nSPS) is 13.6. The highest BCUT2D eigenvalue weighted by molar-refractivity contribution is 7.99. The van der Waals surface area contributed by atoms with Gasteiger partial charge in [0.2, 0.25) is 11.9 Å². The van der Waals surface area contributed by atoms with Crippen molar-refractivity contribution in [3.05, 3.63) is 48.4 Å². The van der Waals surface area contributed by atoms with Crippen molar-refractivity contribution < 1.29 is 13.9 Å². The maximum absolute atomic E-state index is 12.4. The Labute approximate surface area is 179 Å². The van der Waals surface area contributed by atoms with Gasteiger partial charge in [0.05, 0.1) is 25.2 Å². The van der Waals surface area contributed by atoms with Gasteiger partial charge in [0, 0.05) is 18.8 Å². The molecule has 1 N–H and O–H groups in total. The van der Waals surface area contributed by atoms with E-state index in [1.807, 2.05) is 47.9 Å². The smallest absolute Gasteiger partial charge is 0.234 e. The number of carbonyl (C=O) groups is 1. The summed E-state index contributed by atoms with van der Waals surface area (Å²) in [5, 5.41) is 12.4. The summed E-state index contributed by atoms with van der Waals surface area (Å²) >= 11 is 1.37. The van der Waals surface area contributed by atoms with Crippen LogP contribution in [0.1, 0.15) is 25.5 Å². The molecular weight excluding hydrogens is 402 g/mol. The van der Waals surface area contributed by atoms with E-state index < -0.39 is 0 Å². The summed E-state index contributed by atoms with van der Waals surface area (Å²) in [6.45, 7) is 5.03. The quantitative estimate of drug-likeness (QED) is 0.522. The average molecular weight is 428 g/mol. The zero-order chi connectivity index (χ0) is 20.8. The number of amides is 1. The average Bonchev–Trinajstić information content (AvgIpc) is 3.51. The molecule has 8 nitrogen and oxygen atoms in total. The number of hydrogen-bond donors (Lipinski definition) is 1. The molecule has 30 heavy (non-hydrogen) atoms. The highest BCUT2D eigenvalue weighted by Crippen LogP contribution is 2.26. The molecule has 1 aromatic carbocycles. The molecule has 1 saturated heterocycles. The molecule has 1 fully saturated rings. The lowest BCUT2D eigenvalue weighted by Gasteiger charge is -2.17. The summed E-state index contributed by atoms with van der Waals surface area (Å²) in [5.74, 6) is 2.59. The molecule has 1 amide bonds. The molecule has 1 aliphatic heterocycles. The third kappa shape index (κ3) is 4.96. The van der Waals surface area contributed by atoms with Gasteiger partial charge in [-0.15, -0.1) is 10.2 Å². The van der Waals surface area contributed by atoms with E-state index in [-0.39, 0.29) is 11.7 Å². The van der Waals surface area contributed by atoms with Gasteiger partial charge in [0.25, 0.3) is 0 Å². The van der Waals surface area contributed by atoms with Crippen LogP contribution in [0, 0.1) is 0 Å². The van der Waals surface area contributed by atoms with Gasteiger partial charge in [-0.1, -0.05) is 11.8 Å². The standard InChI is InChI=1S/C21H25N5O3S/c1-2-28-17-9-7-16(8-10-17)22-19(27)15-30-21-24-23-20(25-11-3-4-12-25)26(21)14-18-6-5-13-29-18/h5-10,13H,2-4,11-12,14-15H2,1H3,(H,22,27). The molecule has 3 heterocycles. The number of anilines is 2. The number of furan rings is 1. The summed E-state index contributed by atoms with van der Waals surface area (Å²) in [6, 6.07) is 11.1. The van der Waals surface area contributed by atoms with Crippen LogP contribution in [-0.4, -0.2) is 46.1 Å². The van der Waals surface area contributed by atoms with Crippen LogP contribution in [0.3, 0.4) is 0 Å². The fourth-order valence-corrected chi connectivity index (χ4v) is 4.10. The van der Waals surface area contributed by atoms with Crippen LogP contribution in [0.25, 0.3) is 0 Å². The molecule has 9 heteroatoms. The van der Waals surface area contributed by atoms with Gasteiger partial charge in [0.15, 0.2) is 5.16 Å². The van der Waals surface area contributed by atoms with Crippen molar-refractivity contribution >= 4 is 29.3 Å². The molecule has 0 saturated carbocycles. The summed E-state index contributed by atoms with van der Waals surface area (Å²) < 4.78 is 13.0. The van der Waals surface area contributed by atoms with Crippen LogP contribution >= 0.6 is 11.8 Å². The first-order valence-electron chi connectivity index (χ1n) is 10.1. The van der Waals surface area contributed by atoms with Gasteiger partial charge in [0.1, 0.15) is 11.5 Å². The molecule has 0 atom stereocenters. The van der Waals surface area contributed by atoms with E-state index in [9.17, 15) is 4.79 Å². The Morgan fingerprint density at radius 3 is 2.70 bits per heavy atom. The molecular formula is C21H25N5O3S. The minimum absolute atomic E-state index is 0.0977. The zero-order valence-electron chi connectivity index (χ0n) is 16.9. The predicted octanol–water partition coefficient (Wildman–Crippen LogP) is 3.65. The van der Waals surface area contributed by atoms with Gasteiger partial charge in [-0.3, -0.25) is 9.36 Å². The fraction of sp³-hybridized carbons (Fsp3) is 0.381. The van der Waals surface area contributed by atoms with E-state index in [0.717, 1.165) is 49.1 Å². The lowest BCUT2D eigenvalue weighted by molar-refractivity contribution is -0.113. The van der Waals surface area contributed by atoms with Crippen molar-refractivity contribution in [2.75, 3.05) is 35.7 Å². The van der Waals surface area contributed by atoms with Gasteiger partial charge in [-0.25, -0.2) is 0 Å². The number of carbonyl (C=O) groups excluding carboxylic acids is 1. The number of hydrogen-bond acceptors (Lipinski definition) is 7. The molecule has 0 spiro atoms. The molecule has 3 aromatic rings. The van der Waals surface area contributed by atoms with E-state index in [0.29, 0.717) is 18.3 Å². The number of rotatable bonds is 9. The second-order valence-corrected chi connectivity index (χ2v) is 7.88. The molecule has 0 aliphatic carbocycles. The maximum atomic E-state index is 12.4. The molecule has 158 valence electrons. The number of aromatic nitrogens is 3. The number of nitrogens with zero attached hydrogens (tertiary/aromatic N) is 4. The van der Waals surface area contributed by atoms with E-state index in [2.05, 4.69) is 20.4 Å². The van der Waals surface area contributed by atoms with E-state index in [4.69, 9.17) is 9.15 Å². The summed E-state index contributed by atoms with van der Waals surface area (Å²) in [6.07, 6.45) is 3.97. The van der Waals surface area contributed by atoms with Crippen LogP contribution < -0.4 is 15.0 Å². The largest absolute Gasteiger partial charge is 0.494 e. The van der Waals surface area contributed by atoms with Gasteiger partial charge in [-0.2, -0.15) is 0 Å². The Balaban J connectivity index is 1.41. The minimum atomic E-state index is -0.0977. The lowest BCUT2D eigenvalue weighted by Crippen LogP contribution is -2.22. The molecule has 0 unspecified atom stereocenters. The van der Waals surface area contributed by atoms with Crippen LogP contribution in [0.2, 0.25) is 0 Å². The third-order valence-electron chi connectivity index (χ3n) is 4.76. The highest BCUT2D eigenvalue weighted by Gasteiger charge is 2.22. The van der Waals surface area contributed by atoms with Crippen molar-refractivity contribution in [3.8, 4) is 5.75 Å². The number of benzene rings is 1. The topological polar surface area (TPSA) is 85.4 Å².